The summed E-state index contributed by atoms with van der Waals surface area (Å²) in [6.07, 6.45) is 1.64. The van der Waals surface area contributed by atoms with Crippen LogP contribution in [-0.4, -0.2) is 35.8 Å². The molecule has 0 aliphatic carbocycles. The first-order valence-corrected chi connectivity index (χ1v) is 11.8. The molecule has 190 valence electrons. The number of carbonyl (C=O) groups is 2. The molecule has 3 aromatic carbocycles. The van der Waals surface area contributed by atoms with Crippen molar-refractivity contribution < 1.29 is 14.3 Å². The third-order valence-corrected chi connectivity index (χ3v) is 5.95. The summed E-state index contributed by atoms with van der Waals surface area (Å²) < 4.78 is 5.42. The van der Waals surface area contributed by atoms with Crippen LogP contribution in [0.25, 0.3) is 10.8 Å². The maximum atomic E-state index is 13.3. The highest BCUT2D eigenvalue weighted by atomic mass is 16.5. The predicted octanol–water partition coefficient (Wildman–Crippen LogP) is 5.12. The molecule has 0 aliphatic heterocycles. The molecule has 0 atom stereocenters. The highest BCUT2D eigenvalue weighted by Crippen LogP contribution is 2.37. The Balaban J connectivity index is 1.68. The molecule has 0 fully saturated rings. The smallest absolute Gasteiger partial charge is 0.296 e. The molecule has 0 bridgehead atoms. The second kappa shape index (κ2) is 10.1. The Bertz CT molecular complexity index is 1490. The van der Waals surface area contributed by atoms with Crippen LogP contribution in [0, 0.1) is 0 Å². The number of nitrogen functional groups attached to an aromatic ring is 1. The van der Waals surface area contributed by atoms with Crippen LogP contribution in [0.2, 0.25) is 0 Å². The van der Waals surface area contributed by atoms with Crippen molar-refractivity contribution in [2.24, 2.45) is 0 Å². The Morgan fingerprint density at radius 1 is 0.973 bits per heavy atom. The molecule has 0 spiro atoms. The third-order valence-electron chi connectivity index (χ3n) is 5.95. The molecule has 4 rings (SSSR count). The number of benzene rings is 3. The van der Waals surface area contributed by atoms with Crippen LogP contribution in [0.3, 0.4) is 0 Å². The summed E-state index contributed by atoms with van der Waals surface area (Å²) in [5.41, 5.74) is 8.60. The zero-order valence-corrected chi connectivity index (χ0v) is 21.5. The lowest BCUT2D eigenvalue weighted by Gasteiger charge is -2.22. The summed E-state index contributed by atoms with van der Waals surface area (Å²) in [5.74, 6) is -0.0911. The van der Waals surface area contributed by atoms with Crippen molar-refractivity contribution in [1.29, 1.82) is 0 Å². The molecular weight excluding hydrogens is 468 g/mol. The van der Waals surface area contributed by atoms with Crippen molar-refractivity contribution in [3.05, 3.63) is 71.9 Å². The lowest BCUT2D eigenvalue weighted by Crippen LogP contribution is -2.24. The van der Waals surface area contributed by atoms with Gasteiger partial charge < -0.3 is 26.4 Å². The van der Waals surface area contributed by atoms with Crippen LogP contribution in [0.1, 0.15) is 36.7 Å². The second-order valence-corrected chi connectivity index (χ2v) is 9.53. The van der Waals surface area contributed by atoms with Crippen molar-refractivity contribution in [2.45, 2.75) is 26.2 Å². The molecule has 1 amide bonds. The standard InChI is InChI=1S/C28H30N6O3/c1-28(2,3)16-14-20(29)25(37-5)22(15-16)33-26(36)24(35)19-10-11-21(18-9-7-6-8-17(18)19)32-23-12-13-31-27(30-4)34-23/h6-15H,29H2,1-5H3,(H,33,36)(H2,30,31,32,34). The first-order valence-electron chi connectivity index (χ1n) is 11.8. The van der Waals surface area contributed by atoms with Gasteiger partial charge in [-0.3, -0.25) is 9.59 Å². The minimum Gasteiger partial charge on any atom is -0.492 e. The van der Waals surface area contributed by atoms with Crippen LogP contribution in [0.15, 0.2) is 60.8 Å². The zero-order valence-electron chi connectivity index (χ0n) is 21.5. The number of nitrogens with one attached hydrogen (secondary N) is 3. The summed E-state index contributed by atoms with van der Waals surface area (Å²) in [7, 11) is 3.21. The first-order chi connectivity index (χ1) is 17.6. The number of hydrogen-bond acceptors (Lipinski definition) is 8. The van der Waals surface area contributed by atoms with Gasteiger partial charge >= 0.3 is 0 Å². The van der Waals surface area contributed by atoms with Crippen molar-refractivity contribution in [2.75, 3.05) is 35.8 Å². The summed E-state index contributed by atoms with van der Waals surface area (Å²) >= 11 is 0. The predicted molar refractivity (Wildman–Crippen MR) is 148 cm³/mol. The molecule has 0 aliphatic rings. The van der Waals surface area contributed by atoms with Gasteiger partial charge in [-0.2, -0.15) is 4.98 Å². The number of anilines is 5. The largest absolute Gasteiger partial charge is 0.492 e. The van der Waals surface area contributed by atoms with Gasteiger partial charge in [-0.1, -0.05) is 45.0 Å². The van der Waals surface area contributed by atoms with Gasteiger partial charge in [0.2, 0.25) is 5.95 Å². The van der Waals surface area contributed by atoms with Crippen LogP contribution in [0.5, 0.6) is 5.75 Å². The number of Topliss-reactive ketones (excluding diaryl/α,β-unsaturated/α-hetero) is 1. The van der Waals surface area contributed by atoms with E-state index >= 15 is 0 Å². The van der Waals surface area contributed by atoms with E-state index in [1.165, 1.54) is 7.11 Å². The van der Waals surface area contributed by atoms with Crippen molar-refractivity contribution >= 4 is 51.3 Å². The maximum Gasteiger partial charge on any atom is 0.296 e. The number of aromatic nitrogens is 2. The van der Waals surface area contributed by atoms with Crippen LogP contribution in [0.4, 0.5) is 28.8 Å². The third kappa shape index (κ3) is 5.30. The lowest BCUT2D eigenvalue weighted by molar-refractivity contribution is -0.112. The van der Waals surface area contributed by atoms with Crippen LogP contribution >= 0.6 is 0 Å². The molecular formula is C28H30N6O3. The number of fused-ring (bicyclic) bond motifs is 1. The van der Waals surface area contributed by atoms with Gasteiger partial charge in [0.15, 0.2) is 5.75 Å². The number of nitrogens with zero attached hydrogens (tertiary/aromatic N) is 2. The SMILES string of the molecule is CNc1nccc(Nc2ccc(C(=O)C(=O)Nc3cc(C(C)(C)C)cc(N)c3OC)c3ccccc23)n1. The number of methoxy groups -OCH3 is 1. The van der Waals surface area contributed by atoms with Crippen LogP contribution in [-0.2, 0) is 10.2 Å². The lowest BCUT2D eigenvalue weighted by atomic mass is 9.86. The Morgan fingerprint density at radius 3 is 2.38 bits per heavy atom. The molecule has 0 unspecified atom stereocenters. The van der Waals surface area contributed by atoms with Gasteiger partial charge in [0.25, 0.3) is 11.7 Å². The molecule has 37 heavy (non-hydrogen) atoms. The number of nitrogens with two attached hydrogens (primary N) is 1. The van der Waals surface area contributed by atoms with E-state index in [-0.39, 0.29) is 11.0 Å². The van der Waals surface area contributed by atoms with Gasteiger partial charge in [-0.05, 0) is 46.7 Å². The average molecular weight is 499 g/mol. The van der Waals surface area contributed by atoms with E-state index in [0.717, 1.165) is 16.6 Å². The van der Waals surface area contributed by atoms with Crippen molar-refractivity contribution in [3.8, 4) is 5.75 Å². The van der Waals surface area contributed by atoms with Crippen LogP contribution < -0.4 is 26.4 Å². The van der Waals surface area contributed by atoms with Gasteiger partial charge in [0.05, 0.1) is 18.5 Å². The monoisotopic (exact) mass is 498 g/mol. The van der Waals surface area contributed by atoms with E-state index < -0.39 is 11.7 Å². The van der Waals surface area contributed by atoms with Gasteiger partial charge in [-0.25, -0.2) is 4.98 Å². The average Bonchev–Trinajstić information content (AvgIpc) is 2.88. The zero-order chi connectivity index (χ0) is 26.7. The minimum absolute atomic E-state index is 0.222. The minimum atomic E-state index is -0.788. The quantitative estimate of drug-likeness (QED) is 0.157. The molecule has 0 radical (unpaired) electrons. The Kier molecular flexibility index (Phi) is 6.97. The van der Waals surface area contributed by atoms with E-state index in [4.69, 9.17) is 10.5 Å². The molecule has 4 aromatic rings. The topological polar surface area (TPSA) is 131 Å². The Morgan fingerprint density at radius 2 is 1.70 bits per heavy atom. The fourth-order valence-electron chi connectivity index (χ4n) is 4.00. The van der Waals surface area contributed by atoms with Gasteiger partial charge in [0, 0.05) is 29.9 Å². The number of hydrogen-bond donors (Lipinski definition) is 4. The molecule has 0 saturated heterocycles. The Hall–Kier alpha value is -4.66. The van der Waals surface area contributed by atoms with Gasteiger partial charge in [-0.15, -0.1) is 0 Å². The molecule has 9 nitrogen and oxygen atoms in total. The van der Waals surface area contributed by atoms with E-state index in [9.17, 15) is 9.59 Å². The second-order valence-electron chi connectivity index (χ2n) is 9.53. The van der Waals surface area contributed by atoms with E-state index in [2.05, 4.69) is 25.9 Å². The normalized spacial score (nSPS) is 11.2. The maximum absolute atomic E-state index is 13.3. The van der Waals surface area contributed by atoms with Crippen molar-refractivity contribution in [3.63, 3.8) is 0 Å². The number of carbonyl (C=O) groups excluding carboxylic acids is 2. The fourth-order valence-corrected chi connectivity index (χ4v) is 4.00. The number of rotatable bonds is 7. The highest BCUT2D eigenvalue weighted by molar-refractivity contribution is 6.48. The summed E-state index contributed by atoms with van der Waals surface area (Å²) in [6.45, 7) is 6.11. The van der Waals surface area contributed by atoms with E-state index in [0.29, 0.717) is 34.3 Å². The highest BCUT2D eigenvalue weighted by Gasteiger charge is 2.24. The van der Waals surface area contributed by atoms with E-state index in [1.54, 1.807) is 43.6 Å². The molecule has 9 heteroatoms. The first kappa shape index (κ1) is 25.4. The molecule has 0 saturated carbocycles. The number of ketones is 1. The van der Waals surface area contributed by atoms with E-state index in [1.807, 2.05) is 45.0 Å². The number of ether oxygens (including phenoxy) is 1. The Labute approximate surface area is 215 Å². The summed E-state index contributed by atoms with van der Waals surface area (Å²) in [6, 6.07) is 16.1. The van der Waals surface area contributed by atoms with Gasteiger partial charge in [0.1, 0.15) is 5.82 Å². The molecule has 5 N–H and O–H groups in total. The summed E-state index contributed by atoms with van der Waals surface area (Å²) in [4.78, 5) is 35.0. The molecule has 1 heterocycles. The molecule has 1 aromatic heterocycles. The summed E-state index contributed by atoms with van der Waals surface area (Å²) in [5, 5.41) is 10.3. The fraction of sp³-hybridized carbons (Fsp3) is 0.214. The van der Waals surface area contributed by atoms with Crippen molar-refractivity contribution in [1.82, 2.24) is 9.97 Å². The number of amides is 1.